The van der Waals surface area contributed by atoms with Crippen LogP contribution in [0.25, 0.3) is 6.08 Å². The number of ether oxygens (including phenoxy) is 2. The predicted molar refractivity (Wildman–Crippen MR) is 87.4 cm³/mol. The van der Waals surface area contributed by atoms with Gasteiger partial charge in [0, 0.05) is 6.08 Å². The molecule has 5 unspecified atom stereocenters. The van der Waals surface area contributed by atoms with Gasteiger partial charge in [-0.3, -0.25) is 4.55 Å². The zero-order valence-corrected chi connectivity index (χ0v) is 14.5. The van der Waals surface area contributed by atoms with E-state index in [1.54, 1.807) is 0 Å². The fraction of sp³-hybridized carbons (Fsp3) is 0.400. The molecule has 5 atom stereocenters. The first kappa shape index (κ1) is 21.2. The fourth-order valence-corrected chi connectivity index (χ4v) is 2.78. The van der Waals surface area contributed by atoms with Crippen molar-refractivity contribution in [1.29, 1.82) is 0 Å². The summed E-state index contributed by atoms with van der Waals surface area (Å²) in [4.78, 5) is 11.9. The molecular formula is C15H18O11S. The van der Waals surface area contributed by atoms with Crippen LogP contribution in [0.15, 0.2) is 30.3 Å². The molecule has 1 saturated heterocycles. The van der Waals surface area contributed by atoms with Gasteiger partial charge in [-0.15, -0.1) is 0 Å². The molecule has 1 aromatic carbocycles. The van der Waals surface area contributed by atoms with Gasteiger partial charge >= 0.3 is 16.4 Å². The van der Waals surface area contributed by atoms with Crippen molar-refractivity contribution in [3.8, 4) is 5.75 Å². The lowest BCUT2D eigenvalue weighted by atomic mass is 9.99. The van der Waals surface area contributed by atoms with Crippen molar-refractivity contribution < 1.29 is 51.8 Å². The van der Waals surface area contributed by atoms with Crippen molar-refractivity contribution >= 4 is 22.4 Å². The number of carbonyl (C=O) groups is 1. The molecule has 27 heavy (non-hydrogen) atoms. The Bertz CT molecular complexity index is 773. The molecule has 1 aliphatic rings. The molecule has 0 radical (unpaired) electrons. The van der Waals surface area contributed by atoms with Crippen LogP contribution in [0.2, 0.25) is 0 Å². The highest BCUT2D eigenvalue weighted by Crippen LogP contribution is 2.25. The van der Waals surface area contributed by atoms with Crippen LogP contribution in [0.1, 0.15) is 5.56 Å². The quantitative estimate of drug-likeness (QED) is 0.212. The number of hydrogen-bond donors (Lipinski definition) is 5. The molecule has 0 bridgehead atoms. The molecule has 1 fully saturated rings. The topological polar surface area (TPSA) is 180 Å². The Labute approximate surface area is 154 Å². The van der Waals surface area contributed by atoms with E-state index in [0.717, 1.165) is 6.08 Å². The van der Waals surface area contributed by atoms with Crippen molar-refractivity contribution in [2.45, 2.75) is 30.7 Å². The Kier molecular flexibility index (Phi) is 6.89. The third-order valence-corrected chi connectivity index (χ3v) is 4.06. The molecule has 0 amide bonds. The highest BCUT2D eigenvalue weighted by molar-refractivity contribution is 7.80. The predicted octanol–water partition coefficient (Wildman–Crippen LogP) is -1.42. The van der Waals surface area contributed by atoms with Crippen LogP contribution in [-0.4, -0.2) is 76.7 Å². The average Bonchev–Trinajstić information content (AvgIpc) is 2.60. The van der Waals surface area contributed by atoms with Crippen molar-refractivity contribution in [3.63, 3.8) is 0 Å². The number of benzene rings is 1. The third-order valence-electron chi connectivity index (χ3n) is 3.59. The SMILES string of the molecule is O=C(C=Cc1ccc(O)cc1)OC1OC(CO)C(O)C(O)C1OS(=O)(=O)O. The smallest absolute Gasteiger partial charge is 0.397 e. The summed E-state index contributed by atoms with van der Waals surface area (Å²) in [6, 6.07) is 5.77. The number of carbonyl (C=O) groups excluding carboxylic acids is 1. The monoisotopic (exact) mass is 406 g/mol. The van der Waals surface area contributed by atoms with Gasteiger partial charge < -0.3 is 29.9 Å². The van der Waals surface area contributed by atoms with Gasteiger partial charge in [-0.25, -0.2) is 8.98 Å². The Morgan fingerprint density at radius 2 is 1.81 bits per heavy atom. The molecule has 0 aliphatic carbocycles. The molecule has 12 heteroatoms. The molecule has 5 N–H and O–H groups in total. The minimum atomic E-state index is -5.08. The minimum absolute atomic E-state index is 0.0260. The van der Waals surface area contributed by atoms with Crippen LogP contribution >= 0.6 is 0 Å². The summed E-state index contributed by atoms with van der Waals surface area (Å²) < 4.78 is 44.8. The van der Waals surface area contributed by atoms with E-state index in [9.17, 15) is 28.5 Å². The summed E-state index contributed by atoms with van der Waals surface area (Å²) in [7, 11) is -5.08. The Balaban J connectivity index is 2.13. The first-order chi connectivity index (χ1) is 12.6. The van der Waals surface area contributed by atoms with Crippen molar-refractivity contribution in [3.05, 3.63) is 35.9 Å². The average molecular weight is 406 g/mol. The molecule has 2 rings (SSSR count). The van der Waals surface area contributed by atoms with E-state index in [0.29, 0.717) is 5.56 Å². The molecule has 11 nitrogen and oxygen atoms in total. The second-order valence-corrected chi connectivity index (χ2v) is 6.60. The van der Waals surface area contributed by atoms with Crippen LogP contribution in [-0.2, 0) is 28.9 Å². The van der Waals surface area contributed by atoms with E-state index < -0.39 is 53.7 Å². The van der Waals surface area contributed by atoms with E-state index in [2.05, 4.69) is 4.18 Å². The third kappa shape index (κ3) is 5.97. The second kappa shape index (κ2) is 8.75. The van der Waals surface area contributed by atoms with Crippen LogP contribution in [0.3, 0.4) is 0 Å². The molecule has 150 valence electrons. The Hall–Kier alpha value is -2.06. The molecular weight excluding hydrogens is 388 g/mol. The first-order valence-corrected chi connectivity index (χ1v) is 8.93. The number of aliphatic hydroxyl groups excluding tert-OH is 3. The number of phenols is 1. The zero-order valence-electron chi connectivity index (χ0n) is 13.7. The van der Waals surface area contributed by atoms with Crippen LogP contribution in [0.4, 0.5) is 0 Å². The normalized spacial score (nSPS) is 29.0. The summed E-state index contributed by atoms with van der Waals surface area (Å²) in [6.07, 6.45) is -6.65. The van der Waals surface area contributed by atoms with Gasteiger partial charge in [0.1, 0.15) is 24.1 Å². The lowest BCUT2D eigenvalue weighted by molar-refractivity contribution is -0.285. The van der Waals surface area contributed by atoms with E-state index in [4.69, 9.17) is 19.1 Å². The summed E-state index contributed by atoms with van der Waals surface area (Å²) in [5.41, 5.74) is 0.531. The van der Waals surface area contributed by atoms with Crippen LogP contribution < -0.4 is 0 Å². The highest BCUT2D eigenvalue weighted by atomic mass is 32.3. The van der Waals surface area contributed by atoms with Crippen molar-refractivity contribution in [1.82, 2.24) is 0 Å². The summed E-state index contributed by atoms with van der Waals surface area (Å²) in [6.45, 7) is -0.770. The molecule has 0 spiro atoms. The maximum atomic E-state index is 11.9. The molecule has 0 saturated carbocycles. The zero-order chi connectivity index (χ0) is 20.2. The van der Waals surface area contributed by atoms with Crippen molar-refractivity contribution in [2.24, 2.45) is 0 Å². The second-order valence-electron chi connectivity index (χ2n) is 5.56. The first-order valence-electron chi connectivity index (χ1n) is 7.56. The molecule has 1 heterocycles. The number of esters is 1. The van der Waals surface area contributed by atoms with Crippen LogP contribution in [0, 0.1) is 0 Å². The van der Waals surface area contributed by atoms with Gasteiger partial charge in [-0.1, -0.05) is 12.1 Å². The van der Waals surface area contributed by atoms with Crippen molar-refractivity contribution in [2.75, 3.05) is 6.61 Å². The van der Waals surface area contributed by atoms with E-state index in [-0.39, 0.29) is 5.75 Å². The van der Waals surface area contributed by atoms with Gasteiger partial charge in [0.2, 0.25) is 6.29 Å². The summed E-state index contributed by atoms with van der Waals surface area (Å²) in [5.74, 6) is -1.00. The Morgan fingerprint density at radius 1 is 1.19 bits per heavy atom. The van der Waals surface area contributed by atoms with Gasteiger partial charge in [0.15, 0.2) is 6.10 Å². The van der Waals surface area contributed by atoms with Gasteiger partial charge in [0.25, 0.3) is 0 Å². The molecule has 1 aliphatic heterocycles. The number of rotatable bonds is 6. The number of aromatic hydroxyl groups is 1. The Morgan fingerprint density at radius 3 is 2.37 bits per heavy atom. The number of phenolic OH excluding ortho intramolecular Hbond substituents is 1. The lowest BCUT2D eigenvalue weighted by Crippen LogP contribution is -2.60. The number of hydrogen-bond acceptors (Lipinski definition) is 10. The molecule has 1 aromatic rings. The van der Waals surface area contributed by atoms with E-state index in [1.165, 1.54) is 30.3 Å². The maximum Gasteiger partial charge on any atom is 0.397 e. The van der Waals surface area contributed by atoms with Gasteiger partial charge in [-0.05, 0) is 23.8 Å². The lowest BCUT2D eigenvalue weighted by Gasteiger charge is -2.40. The maximum absolute atomic E-state index is 11.9. The van der Waals surface area contributed by atoms with Gasteiger partial charge in [-0.2, -0.15) is 8.42 Å². The van der Waals surface area contributed by atoms with Crippen LogP contribution in [0.5, 0.6) is 5.75 Å². The summed E-state index contributed by atoms with van der Waals surface area (Å²) in [5, 5.41) is 38.0. The van der Waals surface area contributed by atoms with E-state index in [1.807, 2.05) is 0 Å². The fourth-order valence-electron chi connectivity index (χ4n) is 2.30. The van der Waals surface area contributed by atoms with Gasteiger partial charge in [0.05, 0.1) is 6.61 Å². The number of aliphatic hydroxyl groups is 3. The minimum Gasteiger partial charge on any atom is -0.508 e. The standard InChI is InChI=1S/C15H18O11S/c16-7-10-12(19)13(20)14(26-27(21,22)23)15(24-10)25-11(18)6-3-8-1-4-9(17)5-2-8/h1-6,10,12-17,19-20H,7H2,(H,21,22,23). The molecule has 0 aromatic heterocycles. The highest BCUT2D eigenvalue weighted by Gasteiger charge is 2.48. The van der Waals surface area contributed by atoms with E-state index >= 15 is 0 Å². The summed E-state index contributed by atoms with van der Waals surface area (Å²) >= 11 is 0. The largest absolute Gasteiger partial charge is 0.508 e.